The van der Waals surface area contributed by atoms with Gasteiger partial charge in [0.2, 0.25) is 0 Å². The minimum atomic E-state index is 0.122. The number of benzene rings is 1. The molecule has 17 heavy (non-hydrogen) atoms. The third-order valence-corrected chi connectivity index (χ3v) is 3.61. The summed E-state index contributed by atoms with van der Waals surface area (Å²) in [5.41, 5.74) is 0. The van der Waals surface area contributed by atoms with Gasteiger partial charge in [-0.2, -0.15) is 5.26 Å². The summed E-state index contributed by atoms with van der Waals surface area (Å²) in [5, 5.41) is 8.80. The van der Waals surface area contributed by atoms with Crippen LogP contribution in [0.25, 0.3) is 0 Å². The number of thioether (sulfide) groups is 1. The highest BCUT2D eigenvalue weighted by Gasteiger charge is 2.07. The van der Waals surface area contributed by atoms with Crippen LogP contribution in [0.3, 0.4) is 0 Å². The number of nitrogens with zero attached hydrogens (tertiary/aromatic N) is 2. The quantitative estimate of drug-likeness (QED) is 0.693. The van der Waals surface area contributed by atoms with Crippen molar-refractivity contribution in [3.8, 4) is 6.07 Å². The van der Waals surface area contributed by atoms with Crippen molar-refractivity contribution in [1.29, 1.82) is 5.26 Å². The molecule has 2 nitrogen and oxygen atoms in total. The average Bonchev–Trinajstić information content (AvgIpc) is 2.38. The van der Waals surface area contributed by atoms with Crippen molar-refractivity contribution in [3.05, 3.63) is 30.3 Å². The summed E-state index contributed by atoms with van der Waals surface area (Å²) in [4.78, 5) is 3.65. The standard InChI is InChI=1S/C14H20N2S/c1-3-16(12-13(2)11-15)9-10-17-14-7-5-4-6-8-14/h4-8,13H,3,9-10,12H2,1-2H3. The zero-order valence-corrected chi connectivity index (χ0v) is 11.4. The van der Waals surface area contributed by atoms with Crippen LogP contribution >= 0.6 is 11.8 Å². The Kier molecular flexibility index (Phi) is 6.76. The fourth-order valence-electron chi connectivity index (χ4n) is 1.62. The van der Waals surface area contributed by atoms with Crippen LogP contribution in [-0.4, -0.2) is 30.3 Å². The van der Waals surface area contributed by atoms with Crippen molar-refractivity contribution in [2.24, 2.45) is 5.92 Å². The molecule has 0 heterocycles. The summed E-state index contributed by atoms with van der Waals surface area (Å²) in [5.74, 6) is 1.20. The third kappa shape index (κ3) is 5.76. The largest absolute Gasteiger partial charge is 0.301 e. The molecule has 0 bridgehead atoms. The normalized spacial score (nSPS) is 12.4. The maximum Gasteiger partial charge on any atom is 0.0666 e. The molecule has 0 radical (unpaired) electrons. The lowest BCUT2D eigenvalue weighted by Crippen LogP contribution is -2.30. The second kappa shape index (κ2) is 8.16. The van der Waals surface area contributed by atoms with E-state index in [0.29, 0.717) is 0 Å². The summed E-state index contributed by atoms with van der Waals surface area (Å²) in [7, 11) is 0. The lowest BCUT2D eigenvalue weighted by atomic mass is 10.2. The van der Waals surface area contributed by atoms with E-state index in [-0.39, 0.29) is 5.92 Å². The van der Waals surface area contributed by atoms with E-state index >= 15 is 0 Å². The fraction of sp³-hybridized carbons (Fsp3) is 0.500. The van der Waals surface area contributed by atoms with Gasteiger partial charge in [-0.25, -0.2) is 0 Å². The number of nitriles is 1. The van der Waals surface area contributed by atoms with E-state index < -0.39 is 0 Å². The van der Waals surface area contributed by atoms with Crippen molar-refractivity contribution >= 4 is 11.8 Å². The van der Waals surface area contributed by atoms with Crippen LogP contribution in [0.2, 0.25) is 0 Å². The van der Waals surface area contributed by atoms with Crippen molar-refractivity contribution in [2.45, 2.75) is 18.7 Å². The van der Waals surface area contributed by atoms with E-state index in [1.165, 1.54) is 4.90 Å². The van der Waals surface area contributed by atoms with Crippen molar-refractivity contribution in [2.75, 3.05) is 25.4 Å². The van der Waals surface area contributed by atoms with Crippen molar-refractivity contribution in [1.82, 2.24) is 4.90 Å². The molecule has 1 unspecified atom stereocenters. The van der Waals surface area contributed by atoms with Crippen LogP contribution < -0.4 is 0 Å². The molecule has 0 spiro atoms. The average molecular weight is 248 g/mol. The van der Waals surface area contributed by atoms with Gasteiger partial charge in [-0.3, -0.25) is 0 Å². The van der Waals surface area contributed by atoms with E-state index in [2.05, 4.69) is 42.2 Å². The summed E-state index contributed by atoms with van der Waals surface area (Å²) in [6, 6.07) is 12.7. The molecule has 1 atom stereocenters. The highest BCUT2D eigenvalue weighted by molar-refractivity contribution is 7.99. The first-order chi connectivity index (χ1) is 8.26. The molecule has 0 fully saturated rings. The lowest BCUT2D eigenvalue weighted by Gasteiger charge is -2.21. The van der Waals surface area contributed by atoms with Gasteiger partial charge in [-0.1, -0.05) is 25.1 Å². The Morgan fingerprint density at radius 2 is 2.06 bits per heavy atom. The van der Waals surface area contributed by atoms with Crippen LogP contribution in [0, 0.1) is 17.2 Å². The topological polar surface area (TPSA) is 27.0 Å². The van der Waals surface area contributed by atoms with Gasteiger partial charge in [0.05, 0.1) is 12.0 Å². The Morgan fingerprint density at radius 3 is 2.65 bits per heavy atom. The highest BCUT2D eigenvalue weighted by Crippen LogP contribution is 2.16. The molecule has 3 heteroatoms. The molecule has 0 saturated heterocycles. The predicted octanol–water partition coefficient (Wildman–Crippen LogP) is 3.26. The maximum absolute atomic E-state index is 8.80. The molecule has 0 amide bonds. The lowest BCUT2D eigenvalue weighted by molar-refractivity contribution is 0.285. The zero-order chi connectivity index (χ0) is 12.5. The van der Waals surface area contributed by atoms with Crippen LogP contribution in [-0.2, 0) is 0 Å². The Balaban J connectivity index is 2.27. The second-order valence-corrected chi connectivity index (χ2v) is 5.25. The summed E-state index contributed by atoms with van der Waals surface area (Å²) >= 11 is 1.87. The van der Waals surface area contributed by atoms with E-state index in [4.69, 9.17) is 5.26 Å². The second-order valence-electron chi connectivity index (χ2n) is 4.08. The fourth-order valence-corrected chi connectivity index (χ4v) is 2.55. The van der Waals surface area contributed by atoms with Gasteiger partial charge in [0.15, 0.2) is 0 Å². The van der Waals surface area contributed by atoms with Crippen LogP contribution in [0.1, 0.15) is 13.8 Å². The third-order valence-electron chi connectivity index (χ3n) is 2.62. The highest BCUT2D eigenvalue weighted by atomic mass is 32.2. The molecule has 0 aliphatic rings. The molecule has 92 valence electrons. The first kappa shape index (κ1) is 14.1. The van der Waals surface area contributed by atoms with Crippen LogP contribution in [0.5, 0.6) is 0 Å². The SMILES string of the molecule is CCN(CCSc1ccccc1)CC(C)C#N. The van der Waals surface area contributed by atoms with E-state index in [1.807, 2.05) is 24.8 Å². The smallest absolute Gasteiger partial charge is 0.0666 e. The molecule has 0 N–H and O–H groups in total. The molecule has 0 aromatic heterocycles. The molecular weight excluding hydrogens is 228 g/mol. The van der Waals surface area contributed by atoms with Crippen molar-refractivity contribution < 1.29 is 0 Å². The molecule has 0 aliphatic heterocycles. The maximum atomic E-state index is 8.80. The van der Waals surface area contributed by atoms with Gasteiger partial charge in [0, 0.05) is 23.7 Å². The summed E-state index contributed by atoms with van der Waals surface area (Å²) in [6.45, 7) is 7.07. The number of rotatable bonds is 7. The molecule has 0 aliphatic carbocycles. The van der Waals surface area contributed by atoms with Gasteiger partial charge < -0.3 is 4.90 Å². The minimum absolute atomic E-state index is 0.122. The van der Waals surface area contributed by atoms with Gasteiger partial charge in [-0.15, -0.1) is 11.8 Å². The molecule has 1 aromatic carbocycles. The number of hydrogen-bond acceptors (Lipinski definition) is 3. The first-order valence-corrected chi connectivity index (χ1v) is 7.04. The van der Waals surface area contributed by atoms with Crippen LogP contribution in [0.15, 0.2) is 35.2 Å². The van der Waals surface area contributed by atoms with E-state index in [0.717, 1.165) is 25.4 Å². The Bertz CT molecular complexity index is 345. The summed E-state index contributed by atoms with van der Waals surface area (Å²) < 4.78 is 0. The first-order valence-electron chi connectivity index (χ1n) is 6.06. The summed E-state index contributed by atoms with van der Waals surface area (Å²) in [6.07, 6.45) is 0. The Morgan fingerprint density at radius 1 is 1.35 bits per heavy atom. The minimum Gasteiger partial charge on any atom is -0.301 e. The monoisotopic (exact) mass is 248 g/mol. The molecule has 0 saturated carbocycles. The van der Waals surface area contributed by atoms with Crippen molar-refractivity contribution in [3.63, 3.8) is 0 Å². The van der Waals surface area contributed by atoms with Gasteiger partial charge in [0.25, 0.3) is 0 Å². The predicted molar refractivity (Wildman–Crippen MR) is 74.1 cm³/mol. The van der Waals surface area contributed by atoms with Crippen LogP contribution in [0.4, 0.5) is 0 Å². The van der Waals surface area contributed by atoms with E-state index in [9.17, 15) is 0 Å². The number of hydrogen-bond donors (Lipinski definition) is 0. The van der Waals surface area contributed by atoms with Gasteiger partial charge >= 0.3 is 0 Å². The molecule has 1 aromatic rings. The zero-order valence-electron chi connectivity index (χ0n) is 10.6. The molecular formula is C14H20N2S. The van der Waals surface area contributed by atoms with E-state index in [1.54, 1.807) is 0 Å². The molecule has 1 rings (SSSR count). The van der Waals surface area contributed by atoms with Gasteiger partial charge in [-0.05, 0) is 25.6 Å². The van der Waals surface area contributed by atoms with Gasteiger partial charge in [0.1, 0.15) is 0 Å². The Labute approximate surface area is 109 Å². The Hall–Kier alpha value is -0.980.